The summed E-state index contributed by atoms with van der Waals surface area (Å²) in [5.41, 5.74) is 5.14. The predicted molar refractivity (Wildman–Crippen MR) is 124 cm³/mol. The van der Waals surface area contributed by atoms with Crippen LogP contribution in [0, 0.1) is 0 Å². The van der Waals surface area contributed by atoms with Crippen LogP contribution in [0.1, 0.15) is 34.3 Å². The van der Waals surface area contributed by atoms with Crippen LogP contribution in [0.4, 0.5) is 0 Å². The Morgan fingerprint density at radius 3 is 2.57 bits per heavy atom. The lowest BCUT2D eigenvalue weighted by Gasteiger charge is -2.19. The Bertz CT molecular complexity index is 1480. The Morgan fingerprint density at radius 1 is 0.867 bits per heavy atom. The summed E-state index contributed by atoms with van der Waals surface area (Å²) in [4.78, 5) is 16.1. The standard InChI is InChI=1S/C26H19NO2S/c28-26(29)16-9-13-24-23(14-16)27-25(30-24)22-7-3-6-18-20-10-8-15-4-1-2-5-17(15)19(20)11-12-21(18)22/h3,6-14H,1-2,4-5H2,(H,28,29). The van der Waals surface area contributed by atoms with Crippen LogP contribution in [-0.4, -0.2) is 16.1 Å². The number of thiazole rings is 1. The van der Waals surface area contributed by atoms with Crippen molar-refractivity contribution in [2.24, 2.45) is 0 Å². The van der Waals surface area contributed by atoms with Gasteiger partial charge < -0.3 is 5.11 Å². The van der Waals surface area contributed by atoms with Gasteiger partial charge in [-0.2, -0.15) is 0 Å². The molecular weight excluding hydrogens is 390 g/mol. The number of fused-ring (bicyclic) bond motifs is 6. The van der Waals surface area contributed by atoms with Crippen molar-refractivity contribution >= 4 is 49.1 Å². The third-order valence-corrected chi connectivity index (χ3v) is 7.32. The van der Waals surface area contributed by atoms with Gasteiger partial charge in [-0.3, -0.25) is 0 Å². The highest BCUT2D eigenvalue weighted by atomic mass is 32.1. The fourth-order valence-corrected chi connectivity index (χ4v) is 5.78. The van der Waals surface area contributed by atoms with Crippen molar-refractivity contribution in [2.45, 2.75) is 25.7 Å². The predicted octanol–water partition coefficient (Wildman–Crippen LogP) is 6.85. The first-order valence-electron chi connectivity index (χ1n) is 10.3. The Balaban J connectivity index is 1.58. The number of carboxylic acids is 1. The molecule has 1 aliphatic carbocycles. The van der Waals surface area contributed by atoms with Crippen LogP contribution in [0.2, 0.25) is 0 Å². The second kappa shape index (κ2) is 6.64. The Labute approximate surface area is 177 Å². The molecule has 0 amide bonds. The minimum absolute atomic E-state index is 0.271. The maximum absolute atomic E-state index is 11.3. The summed E-state index contributed by atoms with van der Waals surface area (Å²) >= 11 is 1.61. The van der Waals surface area contributed by atoms with E-state index < -0.39 is 5.97 Å². The lowest BCUT2D eigenvalue weighted by Crippen LogP contribution is -2.03. The summed E-state index contributed by atoms with van der Waals surface area (Å²) in [5.74, 6) is -0.925. The molecular formula is C26H19NO2S. The second-order valence-corrected chi connectivity index (χ2v) is 9.01. The Hall–Kier alpha value is -3.24. The van der Waals surface area contributed by atoms with Crippen molar-refractivity contribution in [1.82, 2.24) is 4.98 Å². The average molecular weight is 410 g/mol. The summed E-state index contributed by atoms with van der Waals surface area (Å²) in [6.45, 7) is 0. The molecule has 1 aliphatic rings. The largest absolute Gasteiger partial charge is 0.478 e. The van der Waals surface area contributed by atoms with Gasteiger partial charge in [-0.1, -0.05) is 42.5 Å². The van der Waals surface area contributed by atoms with Gasteiger partial charge in [0, 0.05) is 5.56 Å². The van der Waals surface area contributed by atoms with Crippen LogP contribution in [0.3, 0.4) is 0 Å². The Kier molecular flexibility index (Phi) is 3.90. The lowest BCUT2D eigenvalue weighted by atomic mass is 9.86. The first-order valence-corrected chi connectivity index (χ1v) is 11.1. The third-order valence-electron chi connectivity index (χ3n) is 6.25. The van der Waals surface area contributed by atoms with E-state index in [-0.39, 0.29) is 5.56 Å². The summed E-state index contributed by atoms with van der Waals surface area (Å²) in [6, 6.07) is 20.7. The van der Waals surface area contributed by atoms with Crippen molar-refractivity contribution < 1.29 is 9.90 Å². The van der Waals surface area contributed by atoms with Gasteiger partial charge in [-0.25, -0.2) is 9.78 Å². The zero-order valence-electron chi connectivity index (χ0n) is 16.3. The van der Waals surface area contributed by atoms with Crippen molar-refractivity contribution in [2.75, 3.05) is 0 Å². The van der Waals surface area contributed by atoms with E-state index in [1.54, 1.807) is 23.5 Å². The second-order valence-electron chi connectivity index (χ2n) is 7.98. The van der Waals surface area contributed by atoms with Crippen molar-refractivity contribution in [3.63, 3.8) is 0 Å². The number of aromatic carboxylic acids is 1. The van der Waals surface area contributed by atoms with E-state index in [1.165, 1.54) is 58.4 Å². The number of hydrogen-bond donors (Lipinski definition) is 1. The molecule has 0 unspecified atom stereocenters. The number of rotatable bonds is 2. The van der Waals surface area contributed by atoms with Crippen molar-refractivity contribution in [3.8, 4) is 10.6 Å². The highest BCUT2D eigenvalue weighted by molar-refractivity contribution is 7.21. The normalized spacial score (nSPS) is 13.7. The molecule has 1 N–H and O–H groups in total. The van der Waals surface area contributed by atoms with Gasteiger partial charge in [0.25, 0.3) is 0 Å². The summed E-state index contributed by atoms with van der Waals surface area (Å²) in [7, 11) is 0. The molecule has 6 rings (SSSR count). The molecule has 1 aromatic heterocycles. The van der Waals surface area contributed by atoms with E-state index in [1.807, 2.05) is 6.07 Å². The number of aryl methyl sites for hydroxylation is 2. The molecule has 0 spiro atoms. The van der Waals surface area contributed by atoms with E-state index in [2.05, 4.69) is 42.5 Å². The monoisotopic (exact) mass is 409 g/mol. The molecule has 5 aromatic rings. The number of aromatic nitrogens is 1. The minimum atomic E-state index is -0.925. The molecule has 0 fully saturated rings. The summed E-state index contributed by atoms with van der Waals surface area (Å²) in [6.07, 6.45) is 4.92. The molecule has 0 radical (unpaired) electrons. The molecule has 0 atom stereocenters. The Morgan fingerprint density at radius 2 is 1.67 bits per heavy atom. The van der Waals surface area contributed by atoms with Crippen molar-refractivity contribution in [3.05, 3.63) is 77.4 Å². The van der Waals surface area contributed by atoms with Gasteiger partial charge in [-0.15, -0.1) is 11.3 Å². The first-order chi connectivity index (χ1) is 14.7. The molecule has 1 heterocycles. The third kappa shape index (κ3) is 2.64. The van der Waals surface area contributed by atoms with E-state index in [4.69, 9.17) is 4.98 Å². The van der Waals surface area contributed by atoms with Gasteiger partial charge in [-0.05, 0) is 76.6 Å². The number of carboxylic acid groups (broad SMARTS) is 1. The van der Waals surface area contributed by atoms with Gasteiger partial charge in [0.2, 0.25) is 0 Å². The zero-order chi connectivity index (χ0) is 20.2. The molecule has 3 nitrogen and oxygen atoms in total. The highest BCUT2D eigenvalue weighted by Gasteiger charge is 2.16. The summed E-state index contributed by atoms with van der Waals surface area (Å²) in [5, 5.41) is 15.3. The maximum atomic E-state index is 11.3. The molecule has 0 aliphatic heterocycles. The fourth-order valence-electron chi connectivity index (χ4n) is 4.79. The quantitative estimate of drug-likeness (QED) is 0.325. The van der Waals surface area contributed by atoms with E-state index in [9.17, 15) is 9.90 Å². The number of hydrogen-bond acceptors (Lipinski definition) is 3. The van der Waals surface area contributed by atoms with E-state index >= 15 is 0 Å². The molecule has 0 saturated heterocycles. The molecule has 146 valence electrons. The zero-order valence-corrected chi connectivity index (χ0v) is 17.1. The topological polar surface area (TPSA) is 50.2 Å². The van der Waals surface area contributed by atoms with Crippen molar-refractivity contribution in [1.29, 1.82) is 0 Å². The molecule has 4 aromatic carbocycles. The molecule has 0 saturated carbocycles. The average Bonchev–Trinajstić information content (AvgIpc) is 3.21. The first kappa shape index (κ1) is 17.6. The molecule has 4 heteroatoms. The fraction of sp³-hybridized carbons (Fsp3) is 0.154. The number of benzene rings is 4. The summed E-state index contributed by atoms with van der Waals surface area (Å²) < 4.78 is 1.00. The smallest absolute Gasteiger partial charge is 0.335 e. The lowest BCUT2D eigenvalue weighted by molar-refractivity contribution is 0.0697. The molecule has 30 heavy (non-hydrogen) atoms. The highest BCUT2D eigenvalue weighted by Crippen LogP contribution is 2.39. The SMILES string of the molecule is O=C(O)c1ccc2sc(-c3cccc4c3ccc3c5c(ccc34)CCCC5)nc2c1. The van der Waals surface area contributed by atoms with E-state index in [0.717, 1.165) is 20.8 Å². The van der Waals surface area contributed by atoms with E-state index in [0.29, 0.717) is 0 Å². The van der Waals surface area contributed by atoms with Gasteiger partial charge in [0.15, 0.2) is 0 Å². The van der Waals surface area contributed by atoms with Crippen LogP contribution in [-0.2, 0) is 12.8 Å². The van der Waals surface area contributed by atoms with Gasteiger partial charge >= 0.3 is 5.97 Å². The molecule has 0 bridgehead atoms. The van der Waals surface area contributed by atoms with Gasteiger partial charge in [0.05, 0.1) is 15.8 Å². The minimum Gasteiger partial charge on any atom is -0.478 e. The van der Waals surface area contributed by atoms with Crippen LogP contribution < -0.4 is 0 Å². The van der Waals surface area contributed by atoms with Crippen LogP contribution >= 0.6 is 11.3 Å². The number of nitrogens with zero attached hydrogens (tertiary/aromatic N) is 1. The maximum Gasteiger partial charge on any atom is 0.335 e. The van der Waals surface area contributed by atoms with Crippen LogP contribution in [0.15, 0.2) is 60.7 Å². The van der Waals surface area contributed by atoms with Crippen LogP contribution in [0.25, 0.3) is 42.3 Å². The van der Waals surface area contributed by atoms with Crippen LogP contribution in [0.5, 0.6) is 0 Å². The number of carbonyl (C=O) groups is 1. The van der Waals surface area contributed by atoms with Gasteiger partial charge in [0.1, 0.15) is 5.01 Å².